The predicted octanol–water partition coefficient (Wildman–Crippen LogP) is 0.659. The van der Waals surface area contributed by atoms with E-state index in [-0.39, 0.29) is 36.5 Å². The number of ketones is 1. The summed E-state index contributed by atoms with van der Waals surface area (Å²) in [7, 11) is -3.67. The Morgan fingerprint density at radius 2 is 2.00 bits per heavy atom. The van der Waals surface area contributed by atoms with Crippen LogP contribution in [0.2, 0.25) is 0 Å². The van der Waals surface area contributed by atoms with Gasteiger partial charge in [0.25, 0.3) is 0 Å². The lowest BCUT2D eigenvalue weighted by Crippen LogP contribution is -2.51. The van der Waals surface area contributed by atoms with E-state index in [2.05, 4.69) is 0 Å². The largest absolute Gasteiger partial charge is 0.394 e. The molecule has 1 fully saturated rings. The molecule has 1 aromatic rings. The van der Waals surface area contributed by atoms with Gasteiger partial charge in [-0.3, -0.25) is 4.79 Å². The molecule has 1 saturated heterocycles. The van der Waals surface area contributed by atoms with Crippen molar-refractivity contribution in [3.05, 3.63) is 29.8 Å². The molecule has 6 nitrogen and oxygen atoms in total. The molecular weight excluding hydrogens is 294 g/mol. The van der Waals surface area contributed by atoms with Crippen LogP contribution in [0.25, 0.3) is 0 Å². The van der Waals surface area contributed by atoms with Gasteiger partial charge in [0.2, 0.25) is 10.0 Å². The van der Waals surface area contributed by atoms with Gasteiger partial charge in [-0.25, -0.2) is 8.42 Å². The van der Waals surface area contributed by atoms with Crippen molar-refractivity contribution in [2.75, 3.05) is 19.8 Å². The number of aliphatic hydroxyl groups excluding tert-OH is 1. The highest BCUT2D eigenvalue weighted by molar-refractivity contribution is 7.89. The lowest BCUT2D eigenvalue weighted by Gasteiger charge is -2.36. The monoisotopic (exact) mass is 313 g/mol. The standard InChI is InChI=1S/C14H19NO5S/c1-10-9-20-13(8-16)7-15(10)21(18,19)14-5-3-12(4-6-14)11(2)17/h3-6,10,13,16H,7-9H2,1-2H3. The molecule has 1 heterocycles. The number of benzene rings is 1. The minimum Gasteiger partial charge on any atom is -0.394 e. The van der Waals surface area contributed by atoms with Crippen LogP contribution < -0.4 is 0 Å². The fraction of sp³-hybridized carbons (Fsp3) is 0.500. The number of ether oxygens (including phenoxy) is 1. The zero-order chi connectivity index (χ0) is 15.6. The average molecular weight is 313 g/mol. The van der Waals surface area contributed by atoms with Crippen LogP contribution >= 0.6 is 0 Å². The molecule has 0 aliphatic carbocycles. The van der Waals surface area contributed by atoms with Crippen molar-refractivity contribution in [1.82, 2.24) is 4.31 Å². The summed E-state index contributed by atoms with van der Waals surface area (Å²) in [6, 6.07) is 5.57. The van der Waals surface area contributed by atoms with Crippen LogP contribution in [-0.2, 0) is 14.8 Å². The van der Waals surface area contributed by atoms with Gasteiger partial charge in [-0.15, -0.1) is 0 Å². The predicted molar refractivity (Wildman–Crippen MR) is 76.6 cm³/mol. The molecule has 1 N–H and O–H groups in total. The number of Topliss-reactive ketones (excluding diaryl/α,β-unsaturated/α-hetero) is 1. The molecule has 0 spiro atoms. The third-order valence-corrected chi connectivity index (χ3v) is 5.51. The second-order valence-electron chi connectivity index (χ2n) is 5.14. The lowest BCUT2D eigenvalue weighted by atomic mass is 10.2. The van der Waals surface area contributed by atoms with Gasteiger partial charge in [-0.05, 0) is 26.0 Å². The smallest absolute Gasteiger partial charge is 0.243 e. The summed E-state index contributed by atoms with van der Waals surface area (Å²) in [5.74, 6) is -0.112. The Morgan fingerprint density at radius 1 is 1.38 bits per heavy atom. The molecule has 7 heteroatoms. The molecule has 0 amide bonds. The van der Waals surface area contributed by atoms with Gasteiger partial charge < -0.3 is 9.84 Å². The summed E-state index contributed by atoms with van der Waals surface area (Å²) in [5, 5.41) is 9.14. The number of carbonyl (C=O) groups is 1. The van der Waals surface area contributed by atoms with Crippen LogP contribution in [-0.4, -0.2) is 55.5 Å². The average Bonchev–Trinajstić information content (AvgIpc) is 2.47. The first-order valence-corrected chi connectivity index (χ1v) is 8.15. The molecule has 0 radical (unpaired) electrons. The van der Waals surface area contributed by atoms with E-state index in [1.165, 1.54) is 35.5 Å². The fourth-order valence-electron chi connectivity index (χ4n) is 2.23. The fourth-order valence-corrected chi connectivity index (χ4v) is 3.88. The number of sulfonamides is 1. The maximum atomic E-state index is 12.6. The first kappa shape index (κ1) is 16.1. The molecule has 0 aromatic heterocycles. The number of hydrogen-bond acceptors (Lipinski definition) is 5. The second kappa shape index (κ2) is 6.23. The molecule has 2 rings (SSSR count). The molecule has 1 aliphatic heterocycles. The van der Waals surface area contributed by atoms with Gasteiger partial charge in [0.05, 0.1) is 24.2 Å². The van der Waals surface area contributed by atoms with Crippen LogP contribution in [0.1, 0.15) is 24.2 Å². The minimum atomic E-state index is -3.67. The van der Waals surface area contributed by atoms with Gasteiger partial charge in [0.1, 0.15) is 0 Å². The summed E-state index contributed by atoms with van der Waals surface area (Å²) >= 11 is 0. The Hall–Kier alpha value is -1.28. The van der Waals surface area contributed by atoms with Crippen molar-refractivity contribution in [1.29, 1.82) is 0 Å². The summed E-state index contributed by atoms with van der Waals surface area (Å²) in [5.41, 5.74) is 0.470. The zero-order valence-electron chi connectivity index (χ0n) is 12.0. The Bertz CT molecular complexity index is 611. The quantitative estimate of drug-likeness (QED) is 0.826. The summed E-state index contributed by atoms with van der Waals surface area (Å²) in [4.78, 5) is 11.4. The summed E-state index contributed by atoms with van der Waals surface area (Å²) in [6.45, 7) is 3.33. The highest BCUT2D eigenvalue weighted by Crippen LogP contribution is 2.22. The second-order valence-corrected chi connectivity index (χ2v) is 7.03. The number of hydrogen-bond donors (Lipinski definition) is 1. The van der Waals surface area contributed by atoms with E-state index in [0.29, 0.717) is 5.56 Å². The minimum absolute atomic E-state index is 0.112. The molecule has 116 valence electrons. The zero-order valence-corrected chi connectivity index (χ0v) is 12.8. The van der Waals surface area contributed by atoms with E-state index in [4.69, 9.17) is 9.84 Å². The summed E-state index contributed by atoms with van der Waals surface area (Å²) in [6.07, 6.45) is -0.507. The van der Waals surface area contributed by atoms with Crippen molar-refractivity contribution in [2.45, 2.75) is 30.9 Å². The number of nitrogens with zero attached hydrogens (tertiary/aromatic N) is 1. The van der Waals surface area contributed by atoms with Gasteiger partial charge in [0, 0.05) is 18.2 Å². The summed E-state index contributed by atoms with van der Waals surface area (Å²) < 4.78 is 32.0. The first-order chi connectivity index (χ1) is 9.86. The van der Waals surface area contributed by atoms with Crippen molar-refractivity contribution in [2.24, 2.45) is 0 Å². The topological polar surface area (TPSA) is 83.9 Å². The van der Waals surface area contributed by atoms with Crippen molar-refractivity contribution in [3.8, 4) is 0 Å². The molecular formula is C14H19NO5S. The number of morpholine rings is 1. The molecule has 21 heavy (non-hydrogen) atoms. The third-order valence-electron chi connectivity index (χ3n) is 3.52. The Labute approximate surface area is 124 Å². The van der Waals surface area contributed by atoms with Gasteiger partial charge >= 0.3 is 0 Å². The van der Waals surface area contributed by atoms with Gasteiger partial charge in [-0.2, -0.15) is 4.31 Å². The van der Waals surface area contributed by atoms with E-state index in [1.807, 2.05) is 0 Å². The molecule has 0 bridgehead atoms. The number of aliphatic hydroxyl groups is 1. The van der Waals surface area contributed by atoms with Crippen LogP contribution in [0.4, 0.5) is 0 Å². The van der Waals surface area contributed by atoms with Crippen LogP contribution in [0.15, 0.2) is 29.2 Å². The highest BCUT2D eigenvalue weighted by atomic mass is 32.2. The van der Waals surface area contributed by atoms with Crippen molar-refractivity contribution in [3.63, 3.8) is 0 Å². The van der Waals surface area contributed by atoms with E-state index < -0.39 is 16.1 Å². The number of carbonyl (C=O) groups excluding carboxylic acids is 1. The van der Waals surface area contributed by atoms with E-state index in [9.17, 15) is 13.2 Å². The molecule has 0 saturated carbocycles. The Morgan fingerprint density at radius 3 is 2.52 bits per heavy atom. The van der Waals surface area contributed by atoms with Gasteiger partial charge in [0.15, 0.2) is 5.78 Å². The Balaban J connectivity index is 2.29. The Kier molecular flexibility index (Phi) is 4.77. The number of rotatable bonds is 4. The van der Waals surface area contributed by atoms with E-state index in [1.54, 1.807) is 6.92 Å². The maximum Gasteiger partial charge on any atom is 0.243 e. The normalized spacial score (nSPS) is 24.0. The first-order valence-electron chi connectivity index (χ1n) is 6.71. The van der Waals surface area contributed by atoms with Crippen molar-refractivity contribution < 1.29 is 23.1 Å². The lowest BCUT2D eigenvalue weighted by molar-refractivity contribution is -0.0516. The molecule has 2 atom stereocenters. The van der Waals surface area contributed by atoms with E-state index >= 15 is 0 Å². The highest BCUT2D eigenvalue weighted by Gasteiger charge is 2.35. The van der Waals surface area contributed by atoms with Crippen LogP contribution in [0.5, 0.6) is 0 Å². The third kappa shape index (κ3) is 3.32. The maximum absolute atomic E-state index is 12.6. The van der Waals surface area contributed by atoms with Crippen LogP contribution in [0, 0.1) is 0 Å². The molecule has 1 aromatic carbocycles. The SMILES string of the molecule is CC(=O)c1ccc(S(=O)(=O)N2CC(CO)OCC2C)cc1. The van der Waals surface area contributed by atoms with Gasteiger partial charge in [-0.1, -0.05) is 12.1 Å². The van der Waals surface area contributed by atoms with Crippen LogP contribution in [0.3, 0.4) is 0 Å². The molecule has 1 aliphatic rings. The van der Waals surface area contributed by atoms with E-state index in [0.717, 1.165) is 0 Å². The van der Waals surface area contributed by atoms with Crippen molar-refractivity contribution >= 4 is 15.8 Å². The molecule has 2 unspecified atom stereocenters.